The summed E-state index contributed by atoms with van der Waals surface area (Å²) in [6.07, 6.45) is 1.41. The fraction of sp³-hybridized carbons (Fsp3) is 0.235. The standard InChI is InChI=1S/C17H18N4O3/c1-11-10-24-15-5-3-2-4-12(15)9-21(11)17(23)20-13-6-7-14(16(18)22)19-8-13/h2-8,11H,9-10H2,1H3,(H2,18,22)(H,20,23)/t11-/m0/s1. The largest absolute Gasteiger partial charge is 0.491 e. The number of fused-ring (bicyclic) bond motifs is 1. The fourth-order valence-corrected chi connectivity index (χ4v) is 2.50. The molecule has 3 amide bonds. The van der Waals surface area contributed by atoms with Gasteiger partial charge in [-0.25, -0.2) is 9.78 Å². The van der Waals surface area contributed by atoms with Gasteiger partial charge in [-0.05, 0) is 25.1 Å². The Morgan fingerprint density at radius 3 is 2.79 bits per heavy atom. The van der Waals surface area contributed by atoms with Gasteiger partial charge in [0.2, 0.25) is 0 Å². The normalized spacial score (nSPS) is 16.5. The Bertz CT molecular complexity index is 761. The van der Waals surface area contributed by atoms with Crippen molar-refractivity contribution in [2.24, 2.45) is 5.73 Å². The molecule has 0 radical (unpaired) electrons. The van der Waals surface area contributed by atoms with Crippen molar-refractivity contribution in [3.05, 3.63) is 53.9 Å². The molecule has 0 saturated heterocycles. The summed E-state index contributed by atoms with van der Waals surface area (Å²) in [7, 11) is 0. The highest BCUT2D eigenvalue weighted by Crippen LogP contribution is 2.25. The van der Waals surface area contributed by atoms with Crippen molar-refractivity contribution >= 4 is 17.6 Å². The van der Waals surface area contributed by atoms with Crippen LogP contribution in [0.1, 0.15) is 23.0 Å². The lowest BCUT2D eigenvalue weighted by molar-refractivity contribution is 0.0995. The van der Waals surface area contributed by atoms with Crippen LogP contribution in [0.25, 0.3) is 0 Å². The number of benzene rings is 1. The van der Waals surface area contributed by atoms with E-state index in [1.807, 2.05) is 31.2 Å². The number of primary amides is 1. The number of hydrogen-bond donors (Lipinski definition) is 2. The summed E-state index contributed by atoms with van der Waals surface area (Å²) >= 11 is 0. The zero-order chi connectivity index (χ0) is 17.1. The Morgan fingerprint density at radius 2 is 2.08 bits per heavy atom. The first-order chi connectivity index (χ1) is 11.5. The Kier molecular flexibility index (Phi) is 4.33. The first-order valence-corrected chi connectivity index (χ1v) is 7.59. The minimum absolute atomic E-state index is 0.0877. The second-order valence-electron chi connectivity index (χ2n) is 5.62. The number of carbonyl (C=O) groups excluding carboxylic acids is 2. The van der Waals surface area contributed by atoms with Crippen LogP contribution in [-0.2, 0) is 6.54 Å². The minimum Gasteiger partial charge on any atom is -0.491 e. The van der Waals surface area contributed by atoms with Crippen LogP contribution in [0.3, 0.4) is 0 Å². The van der Waals surface area contributed by atoms with Crippen molar-refractivity contribution in [2.75, 3.05) is 11.9 Å². The van der Waals surface area contributed by atoms with Gasteiger partial charge in [-0.1, -0.05) is 18.2 Å². The van der Waals surface area contributed by atoms with E-state index in [1.165, 1.54) is 12.3 Å². The zero-order valence-corrected chi connectivity index (χ0v) is 13.2. The summed E-state index contributed by atoms with van der Waals surface area (Å²) in [5.74, 6) is 0.190. The average Bonchev–Trinajstić information content (AvgIpc) is 2.75. The molecule has 0 unspecified atom stereocenters. The van der Waals surface area contributed by atoms with Gasteiger partial charge in [-0.3, -0.25) is 4.79 Å². The van der Waals surface area contributed by atoms with E-state index in [0.29, 0.717) is 18.8 Å². The number of rotatable bonds is 2. The highest BCUT2D eigenvalue weighted by atomic mass is 16.5. The number of aromatic nitrogens is 1. The highest BCUT2D eigenvalue weighted by molar-refractivity contribution is 5.92. The molecule has 3 N–H and O–H groups in total. The van der Waals surface area contributed by atoms with Crippen molar-refractivity contribution in [1.82, 2.24) is 9.88 Å². The number of nitrogens with zero attached hydrogens (tertiary/aromatic N) is 2. The maximum absolute atomic E-state index is 12.6. The second-order valence-corrected chi connectivity index (χ2v) is 5.62. The van der Waals surface area contributed by atoms with E-state index in [-0.39, 0.29) is 17.8 Å². The van der Waals surface area contributed by atoms with Crippen LogP contribution in [-0.4, -0.2) is 34.5 Å². The van der Waals surface area contributed by atoms with Gasteiger partial charge in [-0.15, -0.1) is 0 Å². The molecule has 0 fully saturated rings. The SMILES string of the molecule is C[C@H]1COc2ccccc2CN1C(=O)Nc1ccc(C(N)=O)nc1. The molecule has 7 nitrogen and oxygen atoms in total. The lowest BCUT2D eigenvalue weighted by Gasteiger charge is -2.26. The smallest absolute Gasteiger partial charge is 0.322 e. The molecule has 0 aliphatic carbocycles. The predicted octanol–water partition coefficient (Wildman–Crippen LogP) is 2.00. The molecule has 1 aromatic carbocycles. The molecule has 1 aromatic heterocycles. The predicted molar refractivity (Wildman–Crippen MR) is 88.7 cm³/mol. The third-order valence-electron chi connectivity index (χ3n) is 3.85. The molecule has 0 spiro atoms. The Labute approximate surface area is 139 Å². The van der Waals surface area contributed by atoms with Gasteiger partial charge in [-0.2, -0.15) is 0 Å². The lowest BCUT2D eigenvalue weighted by Crippen LogP contribution is -2.42. The average molecular weight is 326 g/mol. The van der Waals surface area contributed by atoms with Crippen LogP contribution in [0.2, 0.25) is 0 Å². The molecule has 3 rings (SSSR count). The molecule has 1 aliphatic heterocycles. The molecule has 2 heterocycles. The molecule has 0 bridgehead atoms. The summed E-state index contributed by atoms with van der Waals surface area (Å²) in [4.78, 5) is 29.2. The quantitative estimate of drug-likeness (QED) is 0.882. The maximum Gasteiger partial charge on any atom is 0.322 e. The molecule has 7 heteroatoms. The number of nitrogens with one attached hydrogen (secondary N) is 1. The summed E-state index contributed by atoms with van der Waals surface area (Å²) in [6, 6.07) is 10.4. The summed E-state index contributed by atoms with van der Waals surface area (Å²) < 4.78 is 5.75. The summed E-state index contributed by atoms with van der Waals surface area (Å²) in [5.41, 5.74) is 6.76. The van der Waals surface area contributed by atoms with E-state index in [1.54, 1.807) is 11.0 Å². The third kappa shape index (κ3) is 3.29. The van der Waals surface area contributed by atoms with E-state index in [0.717, 1.165) is 11.3 Å². The van der Waals surface area contributed by atoms with Gasteiger partial charge in [0, 0.05) is 5.56 Å². The van der Waals surface area contributed by atoms with Crippen molar-refractivity contribution < 1.29 is 14.3 Å². The topological polar surface area (TPSA) is 97.5 Å². The van der Waals surface area contributed by atoms with Crippen molar-refractivity contribution in [1.29, 1.82) is 0 Å². The fourth-order valence-electron chi connectivity index (χ4n) is 2.50. The number of ether oxygens (including phenoxy) is 1. The van der Waals surface area contributed by atoms with Gasteiger partial charge in [0.1, 0.15) is 18.1 Å². The Hall–Kier alpha value is -3.09. The van der Waals surface area contributed by atoms with E-state index in [9.17, 15) is 9.59 Å². The van der Waals surface area contributed by atoms with Crippen molar-refractivity contribution in [3.8, 4) is 5.75 Å². The number of pyridine rings is 1. The molecule has 0 saturated carbocycles. The van der Waals surface area contributed by atoms with Crippen LogP contribution < -0.4 is 15.8 Å². The summed E-state index contributed by atoms with van der Waals surface area (Å²) in [6.45, 7) is 2.80. The first-order valence-electron chi connectivity index (χ1n) is 7.59. The summed E-state index contributed by atoms with van der Waals surface area (Å²) in [5, 5.41) is 2.78. The van der Waals surface area contributed by atoms with Crippen molar-refractivity contribution in [2.45, 2.75) is 19.5 Å². The Morgan fingerprint density at radius 1 is 1.29 bits per heavy atom. The van der Waals surface area contributed by atoms with Gasteiger partial charge < -0.3 is 20.7 Å². The van der Waals surface area contributed by atoms with Crippen LogP contribution in [0.4, 0.5) is 10.5 Å². The van der Waals surface area contributed by atoms with E-state index in [2.05, 4.69) is 10.3 Å². The van der Waals surface area contributed by atoms with Crippen LogP contribution in [0, 0.1) is 0 Å². The maximum atomic E-state index is 12.6. The number of nitrogens with two attached hydrogens (primary N) is 1. The number of urea groups is 1. The second kappa shape index (κ2) is 6.57. The molecule has 2 aromatic rings. The molecular formula is C17H18N4O3. The number of anilines is 1. The first kappa shape index (κ1) is 15.8. The van der Waals surface area contributed by atoms with E-state index in [4.69, 9.17) is 10.5 Å². The minimum atomic E-state index is -0.609. The third-order valence-corrected chi connectivity index (χ3v) is 3.85. The molecule has 24 heavy (non-hydrogen) atoms. The zero-order valence-electron chi connectivity index (χ0n) is 13.2. The molecular weight excluding hydrogens is 308 g/mol. The monoisotopic (exact) mass is 326 g/mol. The number of carbonyl (C=O) groups is 2. The van der Waals surface area contributed by atoms with E-state index >= 15 is 0 Å². The van der Waals surface area contributed by atoms with Crippen LogP contribution >= 0.6 is 0 Å². The number of para-hydroxylation sites is 1. The highest BCUT2D eigenvalue weighted by Gasteiger charge is 2.25. The van der Waals surface area contributed by atoms with Gasteiger partial charge in [0.05, 0.1) is 24.5 Å². The van der Waals surface area contributed by atoms with E-state index < -0.39 is 5.91 Å². The van der Waals surface area contributed by atoms with Crippen LogP contribution in [0.5, 0.6) is 5.75 Å². The van der Waals surface area contributed by atoms with Gasteiger partial charge >= 0.3 is 6.03 Å². The number of amides is 3. The molecule has 124 valence electrons. The van der Waals surface area contributed by atoms with Gasteiger partial charge in [0.15, 0.2) is 0 Å². The molecule has 1 atom stereocenters. The van der Waals surface area contributed by atoms with Gasteiger partial charge in [0.25, 0.3) is 5.91 Å². The Balaban J connectivity index is 1.75. The van der Waals surface area contributed by atoms with Crippen LogP contribution in [0.15, 0.2) is 42.6 Å². The molecule has 1 aliphatic rings. The van der Waals surface area contributed by atoms with Crippen molar-refractivity contribution in [3.63, 3.8) is 0 Å². The lowest BCUT2D eigenvalue weighted by atomic mass is 10.2. The number of hydrogen-bond acceptors (Lipinski definition) is 4.